The summed E-state index contributed by atoms with van der Waals surface area (Å²) in [7, 11) is 0. The molecule has 3 saturated heterocycles. The Labute approximate surface area is 110 Å². The fourth-order valence-corrected chi connectivity index (χ4v) is 2.53. The molecule has 19 heavy (non-hydrogen) atoms. The van der Waals surface area contributed by atoms with Crippen LogP contribution in [-0.2, 0) is 19.1 Å². The third-order valence-corrected chi connectivity index (χ3v) is 3.51. The van der Waals surface area contributed by atoms with Crippen molar-refractivity contribution in [1.82, 2.24) is 10.2 Å². The Morgan fingerprint density at radius 3 is 2.42 bits per heavy atom. The van der Waals surface area contributed by atoms with Crippen LogP contribution in [0.2, 0.25) is 0 Å². The van der Waals surface area contributed by atoms with E-state index in [1.165, 1.54) is 0 Å². The van der Waals surface area contributed by atoms with Gasteiger partial charge in [-0.15, -0.1) is 0 Å². The van der Waals surface area contributed by atoms with Crippen LogP contribution in [0.15, 0.2) is 0 Å². The van der Waals surface area contributed by atoms with Gasteiger partial charge < -0.3 is 15.2 Å². The van der Waals surface area contributed by atoms with Crippen LogP contribution < -0.4 is 5.32 Å². The molecule has 0 bridgehead atoms. The largest absolute Gasteiger partial charge is 0.481 e. The molecule has 0 spiro atoms. The highest BCUT2D eigenvalue weighted by atomic mass is 16.5. The molecule has 3 aliphatic heterocycles. The highest BCUT2D eigenvalue weighted by molar-refractivity contribution is 6.07. The molecule has 7 nitrogen and oxygen atoms in total. The van der Waals surface area contributed by atoms with Crippen molar-refractivity contribution >= 4 is 17.8 Å². The van der Waals surface area contributed by atoms with Crippen LogP contribution >= 0.6 is 0 Å². The lowest BCUT2D eigenvalue weighted by molar-refractivity contribution is -0.149. The van der Waals surface area contributed by atoms with E-state index < -0.39 is 17.8 Å². The fraction of sp³-hybridized carbons (Fsp3) is 0.750. The number of carboxylic acids is 1. The van der Waals surface area contributed by atoms with Crippen LogP contribution in [0.5, 0.6) is 0 Å². The van der Waals surface area contributed by atoms with Gasteiger partial charge in [-0.05, 0) is 12.8 Å². The zero-order valence-corrected chi connectivity index (χ0v) is 10.6. The number of morpholine rings is 1. The lowest BCUT2D eigenvalue weighted by Gasteiger charge is -2.11. The molecule has 0 aromatic heterocycles. The van der Waals surface area contributed by atoms with E-state index in [4.69, 9.17) is 9.84 Å². The van der Waals surface area contributed by atoms with E-state index in [0.29, 0.717) is 19.3 Å². The topological polar surface area (TPSA) is 95.9 Å². The molecule has 3 fully saturated rings. The van der Waals surface area contributed by atoms with E-state index in [2.05, 4.69) is 5.32 Å². The van der Waals surface area contributed by atoms with Gasteiger partial charge in [-0.25, -0.2) is 0 Å². The van der Waals surface area contributed by atoms with Crippen LogP contribution in [0.4, 0.5) is 0 Å². The quantitative estimate of drug-likeness (QED) is 0.479. The molecule has 3 heterocycles. The fourth-order valence-electron chi connectivity index (χ4n) is 2.53. The first-order chi connectivity index (χ1) is 9.11. The van der Waals surface area contributed by atoms with Crippen molar-refractivity contribution in [2.75, 3.05) is 26.3 Å². The highest BCUT2D eigenvalue weighted by Crippen LogP contribution is 2.33. The minimum atomic E-state index is -1.12. The van der Waals surface area contributed by atoms with Crippen molar-refractivity contribution < 1.29 is 24.2 Å². The van der Waals surface area contributed by atoms with Gasteiger partial charge >= 0.3 is 5.97 Å². The van der Waals surface area contributed by atoms with Crippen LogP contribution in [0.1, 0.15) is 19.3 Å². The lowest BCUT2D eigenvalue weighted by atomic mass is 10.0. The minimum Gasteiger partial charge on any atom is -0.481 e. The molecule has 0 aromatic rings. The van der Waals surface area contributed by atoms with Gasteiger partial charge in [-0.1, -0.05) is 0 Å². The third kappa shape index (κ3) is 3.10. The molecule has 2 atom stereocenters. The maximum atomic E-state index is 11.4. The zero-order valence-electron chi connectivity index (χ0n) is 10.6. The second kappa shape index (κ2) is 6.12. The second-order valence-electron chi connectivity index (χ2n) is 4.78. The van der Waals surface area contributed by atoms with E-state index >= 15 is 0 Å². The molecule has 106 valence electrons. The van der Waals surface area contributed by atoms with Crippen molar-refractivity contribution in [2.45, 2.75) is 25.3 Å². The number of carboxylic acid groups (broad SMARTS) is 1. The standard InChI is InChI=1S/C8H9NO4.C4H9NO/c10-6-2-1-4-3-5(8(12)13)7(11)9(4)6;1-3-6-4-2-5-1/h4-5H,1-3H2,(H,12,13);5H,1-4H2. The Morgan fingerprint density at radius 2 is 2.00 bits per heavy atom. The van der Waals surface area contributed by atoms with Crippen molar-refractivity contribution in [2.24, 2.45) is 5.92 Å². The predicted molar refractivity (Wildman–Crippen MR) is 64.3 cm³/mol. The summed E-state index contributed by atoms with van der Waals surface area (Å²) in [6.45, 7) is 3.83. The monoisotopic (exact) mass is 270 g/mol. The van der Waals surface area contributed by atoms with E-state index in [1.54, 1.807) is 0 Å². The first-order valence-electron chi connectivity index (χ1n) is 6.48. The molecule has 0 aromatic carbocycles. The Morgan fingerprint density at radius 1 is 1.32 bits per heavy atom. The van der Waals surface area contributed by atoms with E-state index in [0.717, 1.165) is 31.2 Å². The number of imide groups is 1. The number of aliphatic carboxylic acids is 1. The maximum Gasteiger partial charge on any atom is 0.316 e. The Hall–Kier alpha value is -1.47. The molecular formula is C12H18N2O5. The van der Waals surface area contributed by atoms with Crippen molar-refractivity contribution in [3.63, 3.8) is 0 Å². The summed E-state index contributed by atoms with van der Waals surface area (Å²) in [6.07, 6.45) is 1.29. The van der Waals surface area contributed by atoms with Crippen molar-refractivity contribution in [3.8, 4) is 0 Å². The summed E-state index contributed by atoms with van der Waals surface area (Å²) in [5.41, 5.74) is 0. The lowest BCUT2D eigenvalue weighted by Crippen LogP contribution is -2.34. The number of ether oxygens (including phenoxy) is 1. The number of amides is 2. The number of nitrogens with zero attached hydrogens (tertiary/aromatic N) is 1. The van der Waals surface area contributed by atoms with Crippen LogP contribution in [0.3, 0.4) is 0 Å². The summed E-state index contributed by atoms with van der Waals surface area (Å²) in [5.74, 6) is -2.86. The number of carbonyl (C=O) groups excluding carboxylic acids is 2. The predicted octanol–water partition coefficient (Wildman–Crippen LogP) is -0.785. The van der Waals surface area contributed by atoms with Gasteiger partial charge in [-0.2, -0.15) is 0 Å². The Balaban J connectivity index is 0.000000186. The molecule has 0 aliphatic carbocycles. The first kappa shape index (κ1) is 14.0. The molecule has 0 saturated carbocycles. The van der Waals surface area contributed by atoms with Gasteiger partial charge in [0.25, 0.3) is 0 Å². The number of nitrogens with one attached hydrogen (secondary N) is 1. The first-order valence-corrected chi connectivity index (χ1v) is 6.48. The Kier molecular flexibility index (Phi) is 4.49. The van der Waals surface area contributed by atoms with E-state index in [9.17, 15) is 14.4 Å². The summed E-state index contributed by atoms with van der Waals surface area (Å²) in [6, 6.07) is -0.152. The number of carbonyl (C=O) groups is 3. The van der Waals surface area contributed by atoms with Crippen LogP contribution in [-0.4, -0.2) is 60.1 Å². The van der Waals surface area contributed by atoms with E-state index in [1.807, 2.05) is 0 Å². The number of rotatable bonds is 1. The minimum absolute atomic E-state index is 0.152. The average Bonchev–Trinajstić information content (AvgIpc) is 2.94. The van der Waals surface area contributed by atoms with Gasteiger partial charge in [-0.3, -0.25) is 19.3 Å². The summed E-state index contributed by atoms with van der Waals surface area (Å²) >= 11 is 0. The Bertz CT molecular complexity index is 369. The van der Waals surface area contributed by atoms with Gasteiger partial charge in [0.2, 0.25) is 11.8 Å². The van der Waals surface area contributed by atoms with E-state index in [-0.39, 0.29) is 11.9 Å². The number of fused-ring (bicyclic) bond motifs is 1. The van der Waals surface area contributed by atoms with Gasteiger partial charge in [0, 0.05) is 25.6 Å². The molecular weight excluding hydrogens is 252 g/mol. The number of hydrogen-bond acceptors (Lipinski definition) is 5. The molecule has 7 heteroatoms. The molecule has 2 amide bonds. The zero-order chi connectivity index (χ0) is 13.8. The highest BCUT2D eigenvalue weighted by Gasteiger charge is 2.49. The van der Waals surface area contributed by atoms with Gasteiger partial charge in [0.05, 0.1) is 13.2 Å². The maximum absolute atomic E-state index is 11.4. The summed E-state index contributed by atoms with van der Waals surface area (Å²) < 4.78 is 5.01. The van der Waals surface area contributed by atoms with Crippen LogP contribution in [0, 0.1) is 5.92 Å². The molecule has 3 rings (SSSR count). The molecule has 0 radical (unpaired) electrons. The van der Waals surface area contributed by atoms with Crippen molar-refractivity contribution in [3.05, 3.63) is 0 Å². The SMILES string of the molecule is C1COCCN1.O=C(O)C1CC2CCC(=O)N2C1=O. The number of hydrogen-bond donors (Lipinski definition) is 2. The summed E-state index contributed by atoms with van der Waals surface area (Å²) in [5, 5.41) is 11.8. The molecule has 2 unspecified atom stereocenters. The molecule has 3 aliphatic rings. The smallest absolute Gasteiger partial charge is 0.316 e. The van der Waals surface area contributed by atoms with Gasteiger partial charge in [0.1, 0.15) is 5.92 Å². The van der Waals surface area contributed by atoms with Crippen LogP contribution in [0.25, 0.3) is 0 Å². The summed E-state index contributed by atoms with van der Waals surface area (Å²) in [4.78, 5) is 34.2. The normalized spacial score (nSPS) is 29.8. The van der Waals surface area contributed by atoms with Crippen molar-refractivity contribution in [1.29, 1.82) is 0 Å². The van der Waals surface area contributed by atoms with Gasteiger partial charge in [0.15, 0.2) is 0 Å². The average molecular weight is 270 g/mol. The molecule has 2 N–H and O–H groups in total. The third-order valence-electron chi connectivity index (χ3n) is 3.51. The second-order valence-corrected chi connectivity index (χ2v) is 4.78.